The minimum atomic E-state index is -3.95. The summed E-state index contributed by atoms with van der Waals surface area (Å²) >= 11 is 0. The molecule has 1 aromatic rings. The second-order valence-corrected chi connectivity index (χ2v) is 12.1. The van der Waals surface area contributed by atoms with Crippen molar-refractivity contribution in [3.63, 3.8) is 0 Å². The maximum atomic E-state index is 13.2. The molecule has 5 N–H and O–H groups in total. The first-order chi connectivity index (χ1) is 15.4. The molecule has 0 unspecified atom stereocenters. The molecule has 1 aliphatic rings. The van der Waals surface area contributed by atoms with E-state index in [4.69, 9.17) is 20.9 Å². The molecular weight excluding hydrogens is 456 g/mol. The monoisotopic (exact) mass is 496 g/mol. The second kappa shape index (κ2) is 10.1. The Hall–Kier alpha value is -2.33. The maximum Gasteiger partial charge on any atom is 0.323 e. The van der Waals surface area contributed by atoms with Gasteiger partial charge in [-0.1, -0.05) is 0 Å². The van der Waals surface area contributed by atoms with Crippen LogP contribution in [0.1, 0.15) is 76.1 Å². The van der Waals surface area contributed by atoms with Gasteiger partial charge in [-0.05, 0) is 103 Å². The van der Waals surface area contributed by atoms with E-state index in [2.05, 4.69) is 9.71 Å². The van der Waals surface area contributed by atoms with Gasteiger partial charge in [-0.15, -0.1) is 0 Å². The molecule has 1 heterocycles. The molecule has 10 heteroatoms. The number of nitrogens with two attached hydrogens (primary N) is 2. The number of guanidine groups is 1. The summed E-state index contributed by atoms with van der Waals surface area (Å²) < 4.78 is 40.3. The van der Waals surface area contributed by atoms with Crippen LogP contribution < -0.4 is 20.9 Å². The lowest BCUT2D eigenvalue weighted by molar-refractivity contribution is -0.156. The van der Waals surface area contributed by atoms with Crippen molar-refractivity contribution in [3.05, 3.63) is 22.3 Å². The van der Waals surface area contributed by atoms with Crippen molar-refractivity contribution in [1.29, 1.82) is 0 Å². The number of carbonyl (C=O) groups is 1. The van der Waals surface area contributed by atoms with Gasteiger partial charge in [0.25, 0.3) is 10.0 Å². The minimum absolute atomic E-state index is 0.206. The Balaban J connectivity index is 2.11. The highest BCUT2D eigenvalue weighted by Gasteiger charge is 2.33. The van der Waals surface area contributed by atoms with Gasteiger partial charge in [-0.2, -0.15) is 0 Å². The van der Waals surface area contributed by atoms with E-state index in [1.807, 2.05) is 20.8 Å². The summed E-state index contributed by atoms with van der Waals surface area (Å²) in [7, 11) is -3.95. The zero-order chi connectivity index (χ0) is 26.1. The van der Waals surface area contributed by atoms with Crippen LogP contribution in [0.2, 0.25) is 0 Å². The number of fused-ring (bicyclic) bond motifs is 1. The lowest BCUT2D eigenvalue weighted by atomic mass is 9.88. The van der Waals surface area contributed by atoms with Gasteiger partial charge in [0.1, 0.15) is 23.0 Å². The molecule has 0 amide bonds. The Kier molecular flexibility index (Phi) is 8.30. The van der Waals surface area contributed by atoms with Gasteiger partial charge in [-0.3, -0.25) is 9.79 Å². The highest BCUT2D eigenvalue weighted by atomic mass is 32.2. The molecule has 0 fully saturated rings. The third-order valence-electron chi connectivity index (χ3n) is 5.84. The van der Waals surface area contributed by atoms with E-state index in [0.29, 0.717) is 24.0 Å². The topological polar surface area (TPSA) is 146 Å². The molecular formula is C24H40N4O5S. The van der Waals surface area contributed by atoms with Crippen LogP contribution in [-0.4, -0.2) is 44.1 Å². The van der Waals surface area contributed by atoms with Crippen LogP contribution in [0.25, 0.3) is 0 Å². The van der Waals surface area contributed by atoms with Gasteiger partial charge in [0.2, 0.25) is 5.96 Å². The van der Waals surface area contributed by atoms with Gasteiger partial charge in [0.15, 0.2) is 0 Å². The number of rotatable bonds is 7. The Morgan fingerprint density at radius 2 is 1.82 bits per heavy atom. The first kappa shape index (κ1) is 27.9. The van der Waals surface area contributed by atoms with Crippen LogP contribution in [-0.2, 0) is 26.0 Å². The van der Waals surface area contributed by atoms with E-state index >= 15 is 0 Å². The standard InChI is InChI=1S/C24H40N4O5S/c1-14-15(2)20(16(3)17-11-12-24(7,8)32-19(14)17)34(30,31)28-22(26)27-13-9-10-18(25)21(29)33-23(4,5)6/h18H,9-13,25H2,1-8H3,(H3,26,27,28)/t18-/m1/s1. The molecule has 0 spiro atoms. The lowest BCUT2D eigenvalue weighted by Crippen LogP contribution is -2.39. The predicted octanol–water partition coefficient (Wildman–Crippen LogP) is 2.76. The molecule has 2 rings (SSSR count). The number of carbonyl (C=O) groups excluding carboxylic acids is 1. The first-order valence-corrected chi connectivity index (χ1v) is 13.1. The van der Waals surface area contributed by atoms with E-state index < -0.39 is 27.6 Å². The van der Waals surface area contributed by atoms with Crippen molar-refractivity contribution in [1.82, 2.24) is 4.72 Å². The van der Waals surface area contributed by atoms with Gasteiger partial charge in [-0.25, -0.2) is 13.1 Å². The number of benzene rings is 1. The number of sulfonamides is 1. The van der Waals surface area contributed by atoms with E-state index in [-0.39, 0.29) is 23.0 Å². The van der Waals surface area contributed by atoms with E-state index in [0.717, 1.165) is 29.7 Å². The molecule has 0 aliphatic carbocycles. The van der Waals surface area contributed by atoms with Crippen LogP contribution in [0.15, 0.2) is 9.89 Å². The Morgan fingerprint density at radius 1 is 1.21 bits per heavy atom. The third kappa shape index (κ3) is 6.85. The van der Waals surface area contributed by atoms with E-state index in [9.17, 15) is 13.2 Å². The summed E-state index contributed by atoms with van der Waals surface area (Å²) in [5, 5.41) is 0. The maximum absolute atomic E-state index is 13.2. The fourth-order valence-corrected chi connectivity index (χ4v) is 5.50. The summed E-state index contributed by atoms with van der Waals surface area (Å²) in [6.45, 7) is 15.0. The number of hydrogen-bond donors (Lipinski definition) is 3. The lowest BCUT2D eigenvalue weighted by Gasteiger charge is -2.35. The highest BCUT2D eigenvalue weighted by molar-refractivity contribution is 7.90. The van der Waals surface area contributed by atoms with Crippen LogP contribution in [0.5, 0.6) is 5.75 Å². The largest absolute Gasteiger partial charge is 0.487 e. The fourth-order valence-electron chi connectivity index (χ4n) is 3.98. The molecule has 0 saturated carbocycles. The smallest absolute Gasteiger partial charge is 0.323 e. The van der Waals surface area contributed by atoms with Crippen LogP contribution in [0.3, 0.4) is 0 Å². The molecule has 192 valence electrons. The molecule has 1 aliphatic heterocycles. The first-order valence-electron chi connectivity index (χ1n) is 11.6. The molecule has 1 aromatic carbocycles. The van der Waals surface area contributed by atoms with Crippen molar-refractivity contribution in [2.75, 3.05) is 6.54 Å². The van der Waals surface area contributed by atoms with Gasteiger partial charge >= 0.3 is 5.97 Å². The molecule has 0 radical (unpaired) electrons. The summed E-state index contributed by atoms with van der Waals surface area (Å²) in [5.41, 5.74) is 13.8. The average Bonchev–Trinajstić information content (AvgIpc) is 2.66. The van der Waals surface area contributed by atoms with Gasteiger partial charge in [0, 0.05) is 6.54 Å². The minimum Gasteiger partial charge on any atom is -0.487 e. The summed E-state index contributed by atoms with van der Waals surface area (Å²) in [4.78, 5) is 16.3. The van der Waals surface area contributed by atoms with Crippen molar-refractivity contribution in [2.24, 2.45) is 16.5 Å². The summed E-state index contributed by atoms with van der Waals surface area (Å²) in [6.07, 6.45) is 2.33. The normalized spacial score (nSPS) is 16.9. The Morgan fingerprint density at radius 3 is 2.41 bits per heavy atom. The van der Waals surface area contributed by atoms with Crippen molar-refractivity contribution in [2.45, 2.75) is 103 Å². The number of esters is 1. The fraction of sp³-hybridized carbons (Fsp3) is 0.667. The van der Waals surface area contributed by atoms with E-state index in [1.54, 1.807) is 34.6 Å². The predicted molar refractivity (Wildman–Crippen MR) is 134 cm³/mol. The summed E-state index contributed by atoms with van der Waals surface area (Å²) in [6, 6.07) is -0.775. The SMILES string of the molecule is Cc1c(C)c(S(=O)(=O)NC(N)=NCCC[C@@H](N)C(=O)OC(C)(C)C)c(C)c2c1OC(C)(C)CC2. The molecule has 0 bridgehead atoms. The van der Waals surface area contributed by atoms with Crippen LogP contribution in [0.4, 0.5) is 0 Å². The summed E-state index contributed by atoms with van der Waals surface area (Å²) in [5.74, 6) is 0.0804. The Labute approximate surface area is 203 Å². The van der Waals surface area contributed by atoms with Gasteiger partial charge in [0.05, 0.1) is 4.90 Å². The molecule has 1 atom stereocenters. The third-order valence-corrected chi connectivity index (χ3v) is 7.47. The second-order valence-electron chi connectivity index (χ2n) is 10.5. The quantitative estimate of drug-likeness (QED) is 0.228. The number of ether oxygens (including phenoxy) is 2. The van der Waals surface area contributed by atoms with E-state index in [1.165, 1.54) is 0 Å². The van der Waals surface area contributed by atoms with Crippen molar-refractivity contribution >= 4 is 22.0 Å². The van der Waals surface area contributed by atoms with Crippen molar-refractivity contribution in [3.8, 4) is 5.75 Å². The zero-order valence-electron chi connectivity index (χ0n) is 21.7. The molecule has 34 heavy (non-hydrogen) atoms. The van der Waals surface area contributed by atoms with Crippen LogP contribution in [0, 0.1) is 20.8 Å². The number of aliphatic imine (C=N–C) groups is 1. The molecule has 9 nitrogen and oxygen atoms in total. The number of nitrogens with one attached hydrogen (secondary N) is 1. The van der Waals surface area contributed by atoms with Crippen molar-refractivity contribution < 1.29 is 22.7 Å². The van der Waals surface area contributed by atoms with Gasteiger partial charge < -0.3 is 20.9 Å². The average molecular weight is 497 g/mol. The zero-order valence-corrected chi connectivity index (χ0v) is 22.5. The van der Waals surface area contributed by atoms with Crippen LogP contribution >= 0.6 is 0 Å². The molecule has 0 saturated heterocycles. The molecule has 0 aromatic heterocycles. The Bertz CT molecular complexity index is 1070. The highest BCUT2D eigenvalue weighted by Crippen LogP contribution is 2.42. The number of hydrogen-bond acceptors (Lipinski definition) is 7. The number of nitrogens with zero attached hydrogens (tertiary/aromatic N) is 1.